The average molecular weight is 289 g/mol. The van der Waals surface area contributed by atoms with E-state index in [0.717, 1.165) is 18.7 Å². The predicted octanol–water partition coefficient (Wildman–Crippen LogP) is 3.32. The van der Waals surface area contributed by atoms with Crippen molar-refractivity contribution in [2.24, 2.45) is 0 Å². The van der Waals surface area contributed by atoms with E-state index in [2.05, 4.69) is 23.7 Å². The summed E-state index contributed by atoms with van der Waals surface area (Å²) >= 11 is 0. The van der Waals surface area contributed by atoms with E-state index in [0.29, 0.717) is 11.6 Å². The zero-order chi connectivity index (χ0) is 15.1. The Balaban J connectivity index is 2.16. The maximum Gasteiger partial charge on any atom is 0.124 e. The molecule has 3 heteroatoms. The summed E-state index contributed by atoms with van der Waals surface area (Å²) in [7, 11) is 0. The molecule has 21 heavy (non-hydrogen) atoms. The number of hydrogen-bond donors (Lipinski definition) is 1. The Labute approximate surface area is 127 Å². The van der Waals surface area contributed by atoms with E-state index in [1.54, 1.807) is 0 Å². The summed E-state index contributed by atoms with van der Waals surface area (Å²) in [6, 6.07) is 5.41. The fourth-order valence-corrected chi connectivity index (χ4v) is 3.10. The highest BCUT2D eigenvalue weighted by Gasteiger charge is 2.20. The summed E-state index contributed by atoms with van der Waals surface area (Å²) in [5.74, 6) is 5.22. The molecule has 114 valence electrons. The standard InChI is InChI=1S/C18H24FNO/c1-2-20(18-8-4-3-5-9-18)14-16-10-11-17(19)13-15(16)7-6-12-21/h10-11,13,18,21H,2-5,8-9,12,14H2,1H3. The van der Waals surface area contributed by atoms with Gasteiger partial charge >= 0.3 is 0 Å². The minimum atomic E-state index is -0.276. The molecule has 2 nitrogen and oxygen atoms in total. The molecule has 1 saturated carbocycles. The summed E-state index contributed by atoms with van der Waals surface area (Å²) in [6.07, 6.45) is 6.47. The van der Waals surface area contributed by atoms with Gasteiger partial charge < -0.3 is 5.11 Å². The van der Waals surface area contributed by atoms with Crippen molar-refractivity contribution in [2.75, 3.05) is 13.2 Å². The van der Waals surface area contributed by atoms with Gasteiger partial charge in [-0.05, 0) is 37.1 Å². The van der Waals surface area contributed by atoms with Crippen LogP contribution in [0.15, 0.2) is 18.2 Å². The molecule has 0 saturated heterocycles. The highest BCUT2D eigenvalue weighted by atomic mass is 19.1. The van der Waals surface area contributed by atoms with Gasteiger partial charge in [-0.3, -0.25) is 4.90 Å². The van der Waals surface area contributed by atoms with Crippen LogP contribution in [0.3, 0.4) is 0 Å². The van der Waals surface area contributed by atoms with Crippen molar-refractivity contribution in [3.05, 3.63) is 35.1 Å². The van der Waals surface area contributed by atoms with Crippen molar-refractivity contribution in [2.45, 2.75) is 51.6 Å². The molecule has 1 aliphatic rings. The smallest absolute Gasteiger partial charge is 0.124 e. The van der Waals surface area contributed by atoms with Crippen molar-refractivity contribution in [3.63, 3.8) is 0 Å². The van der Waals surface area contributed by atoms with E-state index in [-0.39, 0.29) is 12.4 Å². The quantitative estimate of drug-likeness (QED) is 0.860. The Hall–Kier alpha value is -1.37. The molecule has 1 aliphatic carbocycles. The Morgan fingerprint density at radius 2 is 2.05 bits per heavy atom. The first-order valence-electron chi connectivity index (χ1n) is 7.86. The molecule has 1 aromatic rings. The molecular formula is C18H24FNO. The number of nitrogens with zero attached hydrogens (tertiary/aromatic N) is 1. The molecule has 1 N–H and O–H groups in total. The molecule has 0 aromatic heterocycles. The van der Waals surface area contributed by atoms with Crippen molar-refractivity contribution >= 4 is 0 Å². The lowest BCUT2D eigenvalue weighted by Gasteiger charge is -2.33. The lowest BCUT2D eigenvalue weighted by molar-refractivity contribution is 0.156. The summed E-state index contributed by atoms with van der Waals surface area (Å²) in [6.45, 7) is 3.78. The molecular weight excluding hydrogens is 265 g/mol. The fourth-order valence-electron chi connectivity index (χ4n) is 3.10. The van der Waals surface area contributed by atoms with Gasteiger partial charge in [0, 0.05) is 18.2 Å². The van der Waals surface area contributed by atoms with E-state index in [4.69, 9.17) is 5.11 Å². The zero-order valence-corrected chi connectivity index (χ0v) is 12.7. The molecule has 0 heterocycles. The average Bonchev–Trinajstić information content (AvgIpc) is 2.53. The number of hydrogen-bond acceptors (Lipinski definition) is 2. The van der Waals surface area contributed by atoms with Gasteiger partial charge in [-0.2, -0.15) is 0 Å². The molecule has 0 spiro atoms. The van der Waals surface area contributed by atoms with Crippen LogP contribution in [0.5, 0.6) is 0 Å². The second-order valence-electron chi connectivity index (χ2n) is 5.62. The number of benzene rings is 1. The maximum atomic E-state index is 13.4. The Morgan fingerprint density at radius 1 is 1.29 bits per heavy atom. The number of halogens is 1. The van der Waals surface area contributed by atoms with Gasteiger partial charge in [0.05, 0.1) is 0 Å². The molecule has 0 atom stereocenters. The van der Waals surface area contributed by atoms with E-state index >= 15 is 0 Å². The van der Waals surface area contributed by atoms with Crippen LogP contribution in [-0.4, -0.2) is 29.2 Å². The SMILES string of the molecule is CCN(Cc1ccc(F)cc1C#CCO)C1CCCCC1. The Bertz CT molecular complexity index is 512. The largest absolute Gasteiger partial charge is 0.384 e. The first-order valence-corrected chi connectivity index (χ1v) is 7.86. The molecule has 2 rings (SSSR count). The molecule has 0 amide bonds. The first kappa shape index (κ1) is 16.0. The van der Waals surface area contributed by atoms with Crippen LogP contribution >= 0.6 is 0 Å². The van der Waals surface area contributed by atoms with Crippen LogP contribution in [0.25, 0.3) is 0 Å². The minimum Gasteiger partial charge on any atom is -0.384 e. The molecule has 0 unspecified atom stereocenters. The lowest BCUT2D eigenvalue weighted by Crippen LogP contribution is -2.36. The van der Waals surface area contributed by atoms with Crippen LogP contribution < -0.4 is 0 Å². The lowest BCUT2D eigenvalue weighted by atomic mass is 9.93. The van der Waals surface area contributed by atoms with Crippen molar-refractivity contribution < 1.29 is 9.50 Å². The van der Waals surface area contributed by atoms with E-state index < -0.39 is 0 Å². The molecule has 0 aliphatic heterocycles. The van der Waals surface area contributed by atoms with Crippen molar-refractivity contribution in [3.8, 4) is 11.8 Å². The molecule has 1 fully saturated rings. The minimum absolute atomic E-state index is 0.198. The highest BCUT2D eigenvalue weighted by Crippen LogP contribution is 2.24. The third-order valence-electron chi connectivity index (χ3n) is 4.24. The topological polar surface area (TPSA) is 23.5 Å². The summed E-state index contributed by atoms with van der Waals surface area (Å²) < 4.78 is 13.4. The van der Waals surface area contributed by atoms with Crippen LogP contribution in [0.1, 0.15) is 50.2 Å². The van der Waals surface area contributed by atoms with Crippen LogP contribution in [0.2, 0.25) is 0 Å². The molecule has 0 bridgehead atoms. The van der Waals surface area contributed by atoms with Gasteiger partial charge in [0.2, 0.25) is 0 Å². The number of aliphatic hydroxyl groups excluding tert-OH is 1. The van der Waals surface area contributed by atoms with Crippen molar-refractivity contribution in [1.29, 1.82) is 0 Å². The highest BCUT2D eigenvalue weighted by molar-refractivity contribution is 5.41. The van der Waals surface area contributed by atoms with Crippen molar-refractivity contribution in [1.82, 2.24) is 4.90 Å². The third-order valence-corrected chi connectivity index (χ3v) is 4.24. The van der Waals surface area contributed by atoms with E-state index in [1.165, 1.54) is 44.2 Å². The number of rotatable bonds is 4. The second-order valence-corrected chi connectivity index (χ2v) is 5.62. The van der Waals surface area contributed by atoms with Gasteiger partial charge in [0.15, 0.2) is 0 Å². The van der Waals surface area contributed by atoms with Crippen LogP contribution in [0.4, 0.5) is 4.39 Å². The summed E-state index contributed by atoms with van der Waals surface area (Å²) in [5.41, 5.74) is 1.74. The van der Waals surface area contributed by atoms with Gasteiger partial charge in [0.25, 0.3) is 0 Å². The van der Waals surface area contributed by atoms with Gasteiger partial charge in [-0.15, -0.1) is 0 Å². The number of aliphatic hydroxyl groups is 1. The molecule has 0 radical (unpaired) electrons. The van der Waals surface area contributed by atoms with Gasteiger partial charge in [-0.1, -0.05) is 44.1 Å². The Morgan fingerprint density at radius 3 is 2.71 bits per heavy atom. The molecule has 1 aromatic carbocycles. The van der Waals surface area contributed by atoms with Gasteiger partial charge in [0.1, 0.15) is 12.4 Å². The predicted molar refractivity (Wildman–Crippen MR) is 83.3 cm³/mol. The summed E-state index contributed by atoms with van der Waals surface area (Å²) in [5, 5.41) is 8.84. The van der Waals surface area contributed by atoms with E-state index in [1.807, 2.05) is 6.07 Å². The maximum absolute atomic E-state index is 13.4. The van der Waals surface area contributed by atoms with Crippen LogP contribution in [-0.2, 0) is 6.54 Å². The normalized spacial score (nSPS) is 15.8. The van der Waals surface area contributed by atoms with Crippen LogP contribution in [0, 0.1) is 17.7 Å². The monoisotopic (exact) mass is 289 g/mol. The first-order chi connectivity index (χ1) is 10.2. The second kappa shape index (κ2) is 8.17. The Kier molecular flexibility index (Phi) is 6.22. The van der Waals surface area contributed by atoms with Gasteiger partial charge in [-0.25, -0.2) is 4.39 Å². The zero-order valence-electron chi connectivity index (χ0n) is 12.7. The van der Waals surface area contributed by atoms with E-state index in [9.17, 15) is 4.39 Å². The summed E-state index contributed by atoms with van der Waals surface area (Å²) in [4.78, 5) is 2.47. The third kappa shape index (κ3) is 4.56. The fraction of sp³-hybridized carbons (Fsp3) is 0.556.